The molecule has 1 aromatic carbocycles. The van der Waals surface area contributed by atoms with Gasteiger partial charge in [-0.25, -0.2) is 0 Å². The zero-order valence-electron chi connectivity index (χ0n) is 18.2. The van der Waals surface area contributed by atoms with Crippen molar-refractivity contribution in [1.82, 2.24) is 4.98 Å². The Morgan fingerprint density at radius 1 is 1.13 bits per heavy atom. The van der Waals surface area contributed by atoms with Crippen LogP contribution in [0.15, 0.2) is 71.0 Å². The van der Waals surface area contributed by atoms with Crippen LogP contribution in [0.25, 0.3) is 0 Å². The van der Waals surface area contributed by atoms with E-state index in [9.17, 15) is 9.59 Å². The number of benzene rings is 1. The number of ether oxygens (including phenoxy) is 1. The van der Waals surface area contributed by atoms with Crippen LogP contribution in [0.3, 0.4) is 0 Å². The largest absolute Gasteiger partial charge is 0.462 e. The van der Waals surface area contributed by atoms with Crippen LogP contribution in [0.4, 0.5) is 0 Å². The summed E-state index contributed by atoms with van der Waals surface area (Å²) < 4.78 is 5.69. The smallest absolute Gasteiger partial charge is 0.315 e. The Hall–Kier alpha value is -3.08. The van der Waals surface area contributed by atoms with Crippen molar-refractivity contribution in [2.24, 2.45) is 10.9 Å². The third-order valence-electron chi connectivity index (χ3n) is 6.31. The highest BCUT2D eigenvalue weighted by Gasteiger charge is 2.45. The number of rotatable bonds is 5. The van der Waals surface area contributed by atoms with Gasteiger partial charge in [-0.3, -0.25) is 19.6 Å². The van der Waals surface area contributed by atoms with E-state index < -0.39 is 11.8 Å². The number of carbonyl (C=O) groups excluding carboxylic acids is 2. The number of pyridine rings is 1. The number of aromatic nitrogens is 1. The minimum Gasteiger partial charge on any atom is -0.462 e. The van der Waals surface area contributed by atoms with Crippen LogP contribution in [0, 0.1) is 5.92 Å². The maximum atomic E-state index is 13.4. The summed E-state index contributed by atoms with van der Waals surface area (Å²) in [6.07, 6.45) is 3.33. The number of aliphatic imine (C=N–C) groups is 1. The number of Topliss-reactive ketones (excluding diaryl/α,β-unsaturated/α-hetero) is 1. The molecule has 2 heterocycles. The molecule has 31 heavy (non-hydrogen) atoms. The zero-order valence-corrected chi connectivity index (χ0v) is 18.2. The fourth-order valence-electron chi connectivity index (χ4n) is 4.56. The molecule has 0 saturated heterocycles. The monoisotopic (exact) mass is 416 g/mol. The molecule has 0 amide bonds. The molecule has 1 aromatic heterocycles. The lowest BCUT2D eigenvalue weighted by Gasteiger charge is -2.36. The van der Waals surface area contributed by atoms with E-state index in [0.717, 1.165) is 17.7 Å². The first kappa shape index (κ1) is 21.2. The van der Waals surface area contributed by atoms with Gasteiger partial charge < -0.3 is 4.74 Å². The van der Waals surface area contributed by atoms with Gasteiger partial charge in [0.2, 0.25) is 0 Å². The lowest BCUT2D eigenvalue weighted by molar-refractivity contribution is -0.151. The normalized spacial score (nSPS) is 24.3. The lowest BCUT2D eigenvalue weighted by atomic mass is 9.70. The second-order valence-corrected chi connectivity index (χ2v) is 8.42. The van der Waals surface area contributed by atoms with Gasteiger partial charge in [0, 0.05) is 35.3 Å². The summed E-state index contributed by atoms with van der Waals surface area (Å²) in [5.74, 6) is -1.30. The van der Waals surface area contributed by atoms with Crippen molar-refractivity contribution >= 4 is 17.5 Å². The highest BCUT2D eigenvalue weighted by molar-refractivity contribution is 6.09. The van der Waals surface area contributed by atoms with Crippen molar-refractivity contribution in [2.75, 3.05) is 0 Å². The fourth-order valence-corrected chi connectivity index (χ4v) is 4.56. The van der Waals surface area contributed by atoms with E-state index in [1.54, 1.807) is 6.20 Å². The molecule has 5 heteroatoms. The van der Waals surface area contributed by atoms with Gasteiger partial charge in [-0.1, -0.05) is 43.3 Å². The molecular weight excluding hydrogens is 388 g/mol. The molecule has 2 aromatic rings. The summed E-state index contributed by atoms with van der Waals surface area (Å²) in [4.78, 5) is 35.9. The van der Waals surface area contributed by atoms with E-state index >= 15 is 0 Å². The number of esters is 1. The number of carbonyl (C=O) groups is 2. The van der Waals surface area contributed by atoms with Crippen molar-refractivity contribution < 1.29 is 14.3 Å². The molecule has 0 bridgehead atoms. The molecule has 0 saturated carbocycles. The van der Waals surface area contributed by atoms with Crippen LogP contribution in [-0.2, 0) is 14.3 Å². The Balaban J connectivity index is 1.76. The quantitative estimate of drug-likeness (QED) is 0.644. The van der Waals surface area contributed by atoms with E-state index in [1.807, 2.05) is 57.2 Å². The lowest BCUT2D eigenvalue weighted by Crippen LogP contribution is -2.39. The average Bonchev–Trinajstić information content (AvgIpc) is 2.79. The second-order valence-electron chi connectivity index (χ2n) is 8.42. The first-order valence-electron chi connectivity index (χ1n) is 11.0. The van der Waals surface area contributed by atoms with Crippen molar-refractivity contribution in [3.63, 3.8) is 0 Å². The molecule has 5 nitrogen and oxygen atoms in total. The number of nitrogens with zero attached hydrogens (tertiary/aromatic N) is 2. The van der Waals surface area contributed by atoms with Crippen molar-refractivity contribution in [2.45, 2.75) is 58.0 Å². The van der Waals surface area contributed by atoms with Crippen LogP contribution in [0.2, 0.25) is 0 Å². The average molecular weight is 417 g/mol. The third-order valence-corrected chi connectivity index (χ3v) is 6.31. The maximum Gasteiger partial charge on any atom is 0.315 e. The van der Waals surface area contributed by atoms with Gasteiger partial charge in [-0.15, -0.1) is 0 Å². The molecule has 0 fully saturated rings. The summed E-state index contributed by atoms with van der Waals surface area (Å²) in [5, 5.41) is 0. The summed E-state index contributed by atoms with van der Waals surface area (Å²) in [6, 6.07) is 15.7. The van der Waals surface area contributed by atoms with E-state index in [1.165, 1.54) is 0 Å². The van der Waals surface area contributed by atoms with Gasteiger partial charge in [0.25, 0.3) is 0 Å². The molecule has 160 valence electrons. The van der Waals surface area contributed by atoms with Crippen molar-refractivity contribution in [1.29, 1.82) is 0 Å². The first-order chi connectivity index (χ1) is 15.0. The van der Waals surface area contributed by atoms with E-state index in [-0.39, 0.29) is 23.8 Å². The molecule has 1 aliphatic heterocycles. The Bertz CT molecular complexity index is 1030. The van der Waals surface area contributed by atoms with Gasteiger partial charge in [0.1, 0.15) is 5.92 Å². The van der Waals surface area contributed by atoms with Crippen molar-refractivity contribution in [3.8, 4) is 0 Å². The topological polar surface area (TPSA) is 68.6 Å². The number of ketones is 1. The molecular formula is C26H28N2O3. The maximum absolute atomic E-state index is 13.4. The molecule has 1 aliphatic carbocycles. The Morgan fingerprint density at radius 3 is 2.55 bits per heavy atom. The van der Waals surface area contributed by atoms with Gasteiger partial charge in [-0.2, -0.15) is 0 Å². The predicted octanol–water partition coefficient (Wildman–Crippen LogP) is 5.00. The van der Waals surface area contributed by atoms with Gasteiger partial charge in [0.15, 0.2) is 5.78 Å². The van der Waals surface area contributed by atoms with Crippen LogP contribution in [0.5, 0.6) is 0 Å². The van der Waals surface area contributed by atoms with Crippen LogP contribution < -0.4 is 0 Å². The zero-order chi connectivity index (χ0) is 22.0. The van der Waals surface area contributed by atoms with Crippen molar-refractivity contribution in [3.05, 3.63) is 77.3 Å². The number of hydrogen-bond acceptors (Lipinski definition) is 5. The molecule has 0 N–H and O–H groups in total. The molecule has 4 atom stereocenters. The highest BCUT2D eigenvalue weighted by atomic mass is 16.5. The van der Waals surface area contributed by atoms with Crippen LogP contribution >= 0.6 is 0 Å². The van der Waals surface area contributed by atoms with Gasteiger partial charge in [-0.05, 0) is 50.3 Å². The van der Waals surface area contributed by atoms with Gasteiger partial charge in [0.05, 0.1) is 12.0 Å². The minimum atomic E-state index is -0.639. The Morgan fingerprint density at radius 2 is 1.87 bits per heavy atom. The summed E-state index contributed by atoms with van der Waals surface area (Å²) in [7, 11) is 0. The van der Waals surface area contributed by atoms with E-state index in [2.05, 4.69) is 17.1 Å². The third kappa shape index (κ3) is 4.22. The number of allylic oxidation sites excluding steroid dienone is 2. The SMILES string of the molecule is CC[C@@H](C)OC(=O)C1C(C)=NC2=C(C(=O)C[C@H](c3ccccc3)C2)[C@H]1c1ccccn1. The molecule has 2 aliphatic rings. The molecule has 0 spiro atoms. The van der Waals surface area contributed by atoms with E-state index in [0.29, 0.717) is 29.8 Å². The minimum absolute atomic E-state index is 0.0448. The summed E-state index contributed by atoms with van der Waals surface area (Å²) in [6.45, 7) is 5.72. The molecule has 4 rings (SSSR count). The Kier molecular flexibility index (Phi) is 6.12. The first-order valence-corrected chi connectivity index (χ1v) is 11.0. The highest BCUT2D eigenvalue weighted by Crippen LogP contribution is 2.46. The standard InChI is InChI=1S/C26H28N2O3/c1-4-16(2)31-26(30)23-17(3)28-21-14-19(18-10-6-5-7-11-18)15-22(29)24(21)25(23)20-12-8-9-13-27-20/h5-13,16,19,23,25H,4,14-15H2,1-3H3/t16-,19-,23?,25+/m1/s1. The van der Waals surface area contributed by atoms with Crippen LogP contribution in [-0.4, -0.2) is 28.6 Å². The second kappa shape index (κ2) is 8.96. The van der Waals surface area contributed by atoms with Crippen LogP contribution in [0.1, 0.15) is 63.1 Å². The Labute approximate surface area is 183 Å². The summed E-state index contributed by atoms with van der Waals surface area (Å²) >= 11 is 0. The fraction of sp³-hybridized carbons (Fsp3) is 0.385. The summed E-state index contributed by atoms with van der Waals surface area (Å²) in [5.41, 5.74) is 3.95. The van der Waals surface area contributed by atoms with E-state index in [4.69, 9.17) is 9.73 Å². The number of hydrogen-bond donors (Lipinski definition) is 0. The van der Waals surface area contributed by atoms with Gasteiger partial charge >= 0.3 is 5.97 Å². The molecule has 0 radical (unpaired) electrons. The molecule has 1 unspecified atom stereocenters. The predicted molar refractivity (Wildman–Crippen MR) is 120 cm³/mol.